The molecule has 0 atom stereocenters. The van der Waals surface area contributed by atoms with Gasteiger partial charge in [0.2, 0.25) is 0 Å². The van der Waals surface area contributed by atoms with Crippen LogP contribution in [0.2, 0.25) is 0 Å². The molecule has 2 nitrogen and oxygen atoms in total. The van der Waals surface area contributed by atoms with E-state index >= 15 is 0 Å². The molecule has 1 fully saturated rings. The third-order valence-corrected chi connectivity index (χ3v) is 2.86. The summed E-state index contributed by atoms with van der Waals surface area (Å²) >= 11 is 0. The van der Waals surface area contributed by atoms with E-state index < -0.39 is 5.97 Å². The average Bonchev–Trinajstić information content (AvgIpc) is 2.69. The monoisotopic (exact) mass is 152 g/mol. The normalized spacial score (nSPS) is 26.4. The van der Waals surface area contributed by atoms with E-state index in [0.29, 0.717) is 11.0 Å². The number of rotatable bonds is 1. The first-order chi connectivity index (χ1) is 5.22. The molecule has 2 aliphatic carbocycles. The van der Waals surface area contributed by atoms with Crippen molar-refractivity contribution >= 4 is 5.97 Å². The summed E-state index contributed by atoms with van der Waals surface area (Å²) in [7, 11) is 0. The van der Waals surface area contributed by atoms with Crippen molar-refractivity contribution in [2.24, 2.45) is 5.41 Å². The molecule has 0 unspecified atom stereocenters. The second kappa shape index (κ2) is 2.10. The smallest absolute Gasteiger partial charge is 0.331 e. The summed E-state index contributed by atoms with van der Waals surface area (Å²) in [4.78, 5) is 10.6. The van der Waals surface area contributed by atoms with E-state index in [1.807, 2.05) is 6.08 Å². The highest BCUT2D eigenvalue weighted by atomic mass is 16.4. The first kappa shape index (κ1) is 6.89. The Hall–Kier alpha value is -0.790. The Kier molecular flexibility index (Phi) is 1.31. The van der Waals surface area contributed by atoms with Gasteiger partial charge in [0.25, 0.3) is 0 Å². The van der Waals surface area contributed by atoms with Crippen LogP contribution in [0.25, 0.3) is 0 Å². The van der Waals surface area contributed by atoms with Crippen molar-refractivity contribution in [1.82, 2.24) is 0 Å². The largest absolute Gasteiger partial charge is 0.478 e. The number of allylic oxidation sites excluding steroid dienone is 1. The van der Waals surface area contributed by atoms with Gasteiger partial charge in [-0.05, 0) is 37.5 Å². The van der Waals surface area contributed by atoms with Crippen LogP contribution in [0.4, 0.5) is 0 Å². The zero-order chi connectivity index (χ0) is 7.90. The van der Waals surface area contributed by atoms with E-state index in [0.717, 1.165) is 12.8 Å². The van der Waals surface area contributed by atoms with Crippen LogP contribution in [0, 0.1) is 5.41 Å². The van der Waals surface area contributed by atoms with Crippen molar-refractivity contribution in [2.45, 2.75) is 32.1 Å². The highest BCUT2D eigenvalue weighted by molar-refractivity contribution is 5.86. The van der Waals surface area contributed by atoms with E-state index in [-0.39, 0.29) is 0 Å². The van der Waals surface area contributed by atoms with Gasteiger partial charge in [-0.15, -0.1) is 0 Å². The number of carboxylic acids is 1. The molecular weight excluding hydrogens is 140 g/mol. The maximum Gasteiger partial charge on any atom is 0.331 e. The molecule has 0 amide bonds. The number of carbonyl (C=O) groups is 1. The van der Waals surface area contributed by atoms with Crippen LogP contribution in [0.15, 0.2) is 11.6 Å². The van der Waals surface area contributed by atoms with Crippen molar-refractivity contribution in [3.8, 4) is 0 Å². The Labute approximate surface area is 65.9 Å². The zero-order valence-corrected chi connectivity index (χ0v) is 6.47. The average molecular weight is 152 g/mol. The quantitative estimate of drug-likeness (QED) is 0.623. The van der Waals surface area contributed by atoms with Crippen LogP contribution in [-0.4, -0.2) is 11.1 Å². The van der Waals surface area contributed by atoms with Gasteiger partial charge < -0.3 is 5.11 Å². The Bertz CT molecular complexity index is 224. The fraction of sp³-hybridized carbons (Fsp3) is 0.667. The first-order valence-corrected chi connectivity index (χ1v) is 4.14. The van der Waals surface area contributed by atoms with Crippen LogP contribution in [0.1, 0.15) is 32.1 Å². The molecule has 0 aromatic heterocycles. The predicted octanol–water partition coefficient (Wildman–Crippen LogP) is 1.96. The molecule has 0 aliphatic heterocycles. The molecule has 0 aromatic rings. The van der Waals surface area contributed by atoms with Crippen molar-refractivity contribution in [2.75, 3.05) is 0 Å². The molecule has 11 heavy (non-hydrogen) atoms. The number of carboxylic acid groups (broad SMARTS) is 1. The highest BCUT2D eigenvalue weighted by Gasteiger charge is 2.44. The molecule has 0 radical (unpaired) electrons. The molecule has 0 heterocycles. The van der Waals surface area contributed by atoms with Crippen LogP contribution in [-0.2, 0) is 4.79 Å². The summed E-state index contributed by atoms with van der Waals surface area (Å²) in [5.74, 6) is -0.712. The van der Waals surface area contributed by atoms with Gasteiger partial charge in [0.1, 0.15) is 0 Å². The van der Waals surface area contributed by atoms with Gasteiger partial charge in [-0.1, -0.05) is 6.08 Å². The third-order valence-electron chi connectivity index (χ3n) is 2.86. The summed E-state index contributed by atoms with van der Waals surface area (Å²) in [5.41, 5.74) is 1.08. The molecule has 0 saturated heterocycles. The maximum absolute atomic E-state index is 10.6. The molecule has 0 bridgehead atoms. The highest BCUT2D eigenvalue weighted by Crippen LogP contribution is 2.56. The number of hydrogen-bond acceptors (Lipinski definition) is 1. The molecule has 1 saturated carbocycles. The molecule has 0 aromatic carbocycles. The SMILES string of the molecule is O=C(O)C1=CCCC2(CC2)C1. The van der Waals surface area contributed by atoms with Crippen LogP contribution in [0.5, 0.6) is 0 Å². The van der Waals surface area contributed by atoms with Gasteiger partial charge in [-0.25, -0.2) is 4.79 Å². The Morgan fingerprint density at radius 1 is 1.45 bits per heavy atom. The van der Waals surface area contributed by atoms with Crippen LogP contribution < -0.4 is 0 Å². The zero-order valence-electron chi connectivity index (χ0n) is 6.47. The summed E-state index contributed by atoms with van der Waals surface area (Å²) < 4.78 is 0. The lowest BCUT2D eigenvalue weighted by molar-refractivity contribution is -0.133. The van der Waals surface area contributed by atoms with E-state index in [4.69, 9.17) is 5.11 Å². The summed E-state index contributed by atoms with van der Waals surface area (Å²) in [6.45, 7) is 0. The van der Waals surface area contributed by atoms with E-state index in [1.165, 1.54) is 19.3 Å². The predicted molar refractivity (Wildman–Crippen MR) is 41.2 cm³/mol. The molecule has 2 aliphatic rings. The van der Waals surface area contributed by atoms with E-state index in [2.05, 4.69) is 0 Å². The Balaban J connectivity index is 2.11. The Morgan fingerprint density at radius 2 is 2.18 bits per heavy atom. The standard InChI is InChI=1S/C9H12O2/c10-8(11)7-2-1-3-9(6-7)4-5-9/h2H,1,3-6H2,(H,10,11). The van der Waals surface area contributed by atoms with Gasteiger partial charge in [-0.2, -0.15) is 0 Å². The molecule has 1 N–H and O–H groups in total. The number of aliphatic carboxylic acids is 1. The van der Waals surface area contributed by atoms with Gasteiger partial charge in [0, 0.05) is 5.57 Å². The lowest BCUT2D eigenvalue weighted by Gasteiger charge is -2.19. The fourth-order valence-electron chi connectivity index (χ4n) is 1.88. The number of hydrogen-bond donors (Lipinski definition) is 1. The second-order valence-corrected chi connectivity index (χ2v) is 3.75. The van der Waals surface area contributed by atoms with Gasteiger partial charge >= 0.3 is 5.97 Å². The minimum atomic E-state index is -0.712. The van der Waals surface area contributed by atoms with Crippen LogP contribution >= 0.6 is 0 Å². The van der Waals surface area contributed by atoms with E-state index in [1.54, 1.807) is 0 Å². The van der Waals surface area contributed by atoms with Gasteiger partial charge in [0.15, 0.2) is 0 Å². The summed E-state index contributed by atoms with van der Waals surface area (Å²) in [6.07, 6.45) is 7.38. The molecule has 60 valence electrons. The summed E-state index contributed by atoms with van der Waals surface area (Å²) in [5, 5.41) is 8.73. The maximum atomic E-state index is 10.6. The van der Waals surface area contributed by atoms with Crippen molar-refractivity contribution in [1.29, 1.82) is 0 Å². The van der Waals surface area contributed by atoms with Crippen LogP contribution in [0.3, 0.4) is 0 Å². The van der Waals surface area contributed by atoms with Gasteiger partial charge in [0.05, 0.1) is 0 Å². The molecule has 2 heteroatoms. The second-order valence-electron chi connectivity index (χ2n) is 3.75. The Morgan fingerprint density at radius 3 is 2.73 bits per heavy atom. The first-order valence-electron chi connectivity index (χ1n) is 4.14. The lowest BCUT2D eigenvalue weighted by atomic mass is 9.86. The lowest BCUT2D eigenvalue weighted by Crippen LogP contribution is -2.12. The molecule has 2 rings (SSSR count). The van der Waals surface area contributed by atoms with Crippen molar-refractivity contribution in [3.63, 3.8) is 0 Å². The van der Waals surface area contributed by atoms with Crippen molar-refractivity contribution in [3.05, 3.63) is 11.6 Å². The minimum absolute atomic E-state index is 0.433. The fourth-order valence-corrected chi connectivity index (χ4v) is 1.88. The molecule has 1 spiro atoms. The van der Waals surface area contributed by atoms with E-state index in [9.17, 15) is 4.79 Å². The van der Waals surface area contributed by atoms with Crippen molar-refractivity contribution < 1.29 is 9.90 Å². The topological polar surface area (TPSA) is 37.3 Å². The third kappa shape index (κ3) is 1.17. The molecular formula is C9H12O2. The van der Waals surface area contributed by atoms with Gasteiger partial charge in [-0.3, -0.25) is 0 Å². The summed E-state index contributed by atoms with van der Waals surface area (Å²) in [6, 6.07) is 0. The minimum Gasteiger partial charge on any atom is -0.478 e.